The summed E-state index contributed by atoms with van der Waals surface area (Å²) in [6.45, 7) is 0. The van der Waals surface area contributed by atoms with Crippen molar-refractivity contribution in [3.05, 3.63) is 169 Å². The molecule has 4 aromatic carbocycles. The van der Waals surface area contributed by atoms with Crippen LogP contribution < -0.4 is 0 Å². The molecule has 4 rings (SSSR count). The summed E-state index contributed by atoms with van der Waals surface area (Å²) in [5, 5.41) is 0. The monoisotopic (exact) mass is 530 g/mol. The first kappa shape index (κ1) is 32.3. The van der Waals surface area contributed by atoms with Gasteiger partial charge in [-0.15, -0.1) is 70.8 Å². The molecule has 34 heavy (non-hydrogen) atoms. The van der Waals surface area contributed by atoms with Crippen molar-refractivity contribution in [2.24, 2.45) is 0 Å². The van der Waals surface area contributed by atoms with E-state index in [1.54, 1.807) is 0 Å². The zero-order valence-electron chi connectivity index (χ0n) is 18.2. The third-order valence-electron chi connectivity index (χ3n) is 3.67. The number of hydrogen-bond donors (Lipinski definition) is 0. The van der Waals surface area contributed by atoms with E-state index in [2.05, 4.69) is 23.7 Å². The van der Waals surface area contributed by atoms with Gasteiger partial charge in [0.25, 0.3) is 0 Å². The average molecular weight is 532 g/mol. The van der Waals surface area contributed by atoms with E-state index in [-0.39, 0.29) is 34.1 Å². The van der Waals surface area contributed by atoms with Crippen LogP contribution >= 0.6 is 0 Å². The Labute approximate surface area is 226 Å². The van der Waals surface area contributed by atoms with Crippen LogP contribution in [0, 0.1) is 49.4 Å². The van der Waals surface area contributed by atoms with Crippen LogP contribution in [-0.4, -0.2) is 0 Å². The molecular weight excluding hydrogens is 511 g/mol. The number of benzene rings is 4. The third-order valence-corrected chi connectivity index (χ3v) is 3.67. The van der Waals surface area contributed by atoms with Gasteiger partial charge >= 0.3 is 34.1 Å². The second-order valence-electron chi connectivity index (χ2n) is 5.96. The van der Waals surface area contributed by atoms with Crippen molar-refractivity contribution < 1.29 is 34.1 Å². The molecule has 0 aliphatic heterocycles. The van der Waals surface area contributed by atoms with Gasteiger partial charge in [0.15, 0.2) is 0 Å². The molecule has 4 aromatic rings. The Bertz CT molecular complexity index is 973. The molecule has 0 saturated carbocycles. The molecule has 2 radical (unpaired) electrons. The van der Waals surface area contributed by atoms with E-state index in [0.717, 1.165) is 22.3 Å². The first-order valence-corrected chi connectivity index (χ1v) is 9.64. The van der Waals surface area contributed by atoms with Gasteiger partial charge in [0.1, 0.15) is 0 Å². The minimum Gasteiger partial charge on any atom is -0.366 e. The SMILES string of the molecule is [C-]#Cc1ccccc1.[C-]#Cc1ccccc1.[C-]#Cc1ccccc1.[C-]#Cc1ccccc1.[Cu+2].[Cu+2]. The summed E-state index contributed by atoms with van der Waals surface area (Å²) in [6.07, 6.45) is 26.8. The van der Waals surface area contributed by atoms with Crippen LogP contribution in [0.2, 0.25) is 0 Å². The summed E-state index contributed by atoms with van der Waals surface area (Å²) in [7, 11) is 0. The van der Waals surface area contributed by atoms with E-state index in [0.29, 0.717) is 0 Å². The molecule has 0 aliphatic rings. The molecular formula is C32H20Cu2. The maximum atomic E-state index is 6.69. The largest absolute Gasteiger partial charge is 2.00 e. The van der Waals surface area contributed by atoms with Gasteiger partial charge in [-0.2, -0.15) is 0 Å². The molecule has 0 fully saturated rings. The molecule has 0 atom stereocenters. The first-order valence-electron chi connectivity index (χ1n) is 9.64. The second-order valence-corrected chi connectivity index (χ2v) is 5.96. The Morgan fingerprint density at radius 1 is 0.294 bits per heavy atom. The molecule has 0 N–H and O–H groups in total. The first-order chi connectivity index (χ1) is 15.7. The molecule has 0 aromatic heterocycles. The van der Waals surface area contributed by atoms with Crippen molar-refractivity contribution in [2.75, 3.05) is 0 Å². The Morgan fingerprint density at radius 3 is 0.529 bits per heavy atom. The minimum atomic E-state index is 0. The zero-order valence-corrected chi connectivity index (χ0v) is 20.0. The molecule has 0 spiro atoms. The molecule has 0 saturated heterocycles. The molecule has 0 unspecified atom stereocenters. The number of hydrogen-bond acceptors (Lipinski definition) is 0. The van der Waals surface area contributed by atoms with Gasteiger partial charge < -0.3 is 25.7 Å². The summed E-state index contributed by atoms with van der Waals surface area (Å²) in [4.78, 5) is 0. The quantitative estimate of drug-likeness (QED) is 0.138. The van der Waals surface area contributed by atoms with Gasteiger partial charge in [-0.3, -0.25) is 23.7 Å². The van der Waals surface area contributed by atoms with E-state index in [1.165, 1.54) is 0 Å². The summed E-state index contributed by atoms with van der Waals surface area (Å²) in [5.41, 5.74) is 3.31. The Hall–Kier alpha value is -3.84. The van der Waals surface area contributed by atoms with Gasteiger partial charge in [-0.1, -0.05) is 72.8 Å². The molecule has 0 nitrogen and oxygen atoms in total. The summed E-state index contributed by atoms with van der Waals surface area (Å²) in [6, 6.07) is 37.5. The fraction of sp³-hybridized carbons (Fsp3) is 0. The van der Waals surface area contributed by atoms with Gasteiger partial charge in [-0.25, -0.2) is 0 Å². The summed E-state index contributed by atoms with van der Waals surface area (Å²) >= 11 is 0. The molecule has 2 heteroatoms. The number of rotatable bonds is 0. The van der Waals surface area contributed by atoms with Crippen LogP contribution in [0.25, 0.3) is 0 Å². The van der Waals surface area contributed by atoms with Crippen molar-refractivity contribution in [1.82, 2.24) is 0 Å². The standard InChI is InChI=1S/4C8H5.2Cu/c4*1-2-8-6-4-3-5-7-8;;/h4*3-7H;;/q4*-1;2*+2. The average Bonchev–Trinajstić information content (AvgIpc) is 2.91. The van der Waals surface area contributed by atoms with Crippen LogP contribution in [0.4, 0.5) is 0 Å². The van der Waals surface area contributed by atoms with E-state index >= 15 is 0 Å². The zero-order chi connectivity index (χ0) is 23.3. The smallest absolute Gasteiger partial charge is 0.366 e. The van der Waals surface area contributed by atoms with Crippen molar-refractivity contribution in [2.45, 2.75) is 0 Å². The Balaban J connectivity index is 0. The van der Waals surface area contributed by atoms with E-state index in [4.69, 9.17) is 25.7 Å². The van der Waals surface area contributed by atoms with Crippen molar-refractivity contribution in [3.63, 3.8) is 0 Å². The molecule has 0 bridgehead atoms. The maximum Gasteiger partial charge on any atom is 2.00 e. The van der Waals surface area contributed by atoms with E-state index in [9.17, 15) is 0 Å². The minimum absolute atomic E-state index is 0. The Kier molecular flexibility index (Phi) is 21.3. The van der Waals surface area contributed by atoms with Crippen molar-refractivity contribution in [3.8, 4) is 23.7 Å². The molecule has 0 heterocycles. The van der Waals surface area contributed by atoms with Crippen molar-refractivity contribution in [1.29, 1.82) is 0 Å². The topological polar surface area (TPSA) is 0 Å². The fourth-order valence-corrected chi connectivity index (χ4v) is 2.09. The summed E-state index contributed by atoms with van der Waals surface area (Å²) < 4.78 is 0. The van der Waals surface area contributed by atoms with E-state index in [1.807, 2.05) is 121 Å². The van der Waals surface area contributed by atoms with Crippen LogP contribution in [0.5, 0.6) is 0 Å². The molecule has 0 amide bonds. The predicted molar refractivity (Wildman–Crippen MR) is 131 cm³/mol. The fourth-order valence-electron chi connectivity index (χ4n) is 2.09. The van der Waals surface area contributed by atoms with Gasteiger partial charge in [0.05, 0.1) is 0 Å². The van der Waals surface area contributed by atoms with Gasteiger partial charge in [-0.05, 0) is 0 Å². The van der Waals surface area contributed by atoms with Crippen molar-refractivity contribution >= 4 is 0 Å². The second kappa shape index (κ2) is 22.4. The van der Waals surface area contributed by atoms with Crippen LogP contribution in [0.15, 0.2) is 121 Å². The Morgan fingerprint density at radius 2 is 0.441 bits per heavy atom. The normalized spacial score (nSPS) is 7.41. The predicted octanol–water partition coefficient (Wildman–Crippen LogP) is 6.49. The maximum absolute atomic E-state index is 6.69. The van der Waals surface area contributed by atoms with Crippen LogP contribution in [-0.2, 0) is 34.1 Å². The van der Waals surface area contributed by atoms with Crippen LogP contribution in [0.1, 0.15) is 22.3 Å². The van der Waals surface area contributed by atoms with Crippen LogP contribution in [0.3, 0.4) is 0 Å². The van der Waals surface area contributed by atoms with Gasteiger partial charge in [0, 0.05) is 0 Å². The molecule has 0 aliphatic carbocycles. The molecule has 170 valence electrons. The van der Waals surface area contributed by atoms with Gasteiger partial charge in [0.2, 0.25) is 0 Å². The van der Waals surface area contributed by atoms with E-state index < -0.39 is 0 Å². The third kappa shape index (κ3) is 15.9. The summed E-state index contributed by atoms with van der Waals surface area (Å²) in [5.74, 6) is 9.11.